The summed E-state index contributed by atoms with van der Waals surface area (Å²) >= 11 is 0. The maximum atomic E-state index is 12.7. The third-order valence-corrected chi connectivity index (χ3v) is 4.40. The molecule has 1 amide bonds. The minimum atomic E-state index is -2.27. The lowest BCUT2D eigenvalue weighted by molar-refractivity contribution is 0.0499. The molecule has 0 aromatic carbocycles. The van der Waals surface area contributed by atoms with E-state index in [9.17, 15) is 13.6 Å². The molecule has 0 atom stereocenters. The number of aryl methyl sites for hydroxylation is 1. The second kappa shape index (κ2) is 7.02. The Kier molecular flexibility index (Phi) is 4.82. The van der Waals surface area contributed by atoms with Crippen molar-refractivity contribution in [2.45, 2.75) is 38.2 Å². The third kappa shape index (κ3) is 3.58. The fourth-order valence-electron chi connectivity index (χ4n) is 2.96. The Balaban J connectivity index is 1.65. The SMILES string of the molecule is Cn1cncc1-c1nccc(C(=O)N[C@H]2CC[C@H](C(F)F)CC2)n1. The monoisotopic (exact) mass is 335 g/mol. The first-order valence-corrected chi connectivity index (χ1v) is 7.93. The van der Waals surface area contributed by atoms with Gasteiger partial charge in [-0.25, -0.2) is 23.7 Å². The van der Waals surface area contributed by atoms with Gasteiger partial charge in [-0.05, 0) is 31.7 Å². The van der Waals surface area contributed by atoms with Crippen LogP contribution < -0.4 is 5.32 Å². The van der Waals surface area contributed by atoms with Gasteiger partial charge in [-0.15, -0.1) is 0 Å². The molecule has 1 saturated carbocycles. The summed E-state index contributed by atoms with van der Waals surface area (Å²) in [5.74, 6) is -0.431. The summed E-state index contributed by atoms with van der Waals surface area (Å²) in [7, 11) is 1.82. The molecular formula is C16H19F2N5O. The Bertz CT molecular complexity index is 710. The second-order valence-electron chi connectivity index (χ2n) is 6.07. The lowest BCUT2D eigenvalue weighted by atomic mass is 9.86. The number of imidazole rings is 1. The van der Waals surface area contributed by atoms with Crippen LogP contribution in [0.15, 0.2) is 24.8 Å². The van der Waals surface area contributed by atoms with E-state index >= 15 is 0 Å². The normalized spacial score (nSPS) is 21.0. The molecular weight excluding hydrogens is 316 g/mol. The van der Waals surface area contributed by atoms with Gasteiger partial charge in [0.2, 0.25) is 6.43 Å². The van der Waals surface area contributed by atoms with Gasteiger partial charge >= 0.3 is 0 Å². The maximum Gasteiger partial charge on any atom is 0.270 e. The number of amides is 1. The maximum absolute atomic E-state index is 12.7. The van der Waals surface area contributed by atoms with E-state index in [1.165, 1.54) is 6.20 Å². The molecule has 1 N–H and O–H groups in total. The fraction of sp³-hybridized carbons (Fsp3) is 0.500. The van der Waals surface area contributed by atoms with Gasteiger partial charge < -0.3 is 9.88 Å². The van der Waals surface area contributed by atoms with Crippen molar-refractivity contribution in [3.05, 3.63) is 30.5 Å². The van der Waals surface area contributed by atoms with Crippen molar-refractivity contribution in [2.24, 2.45) is 13.0 Å². The number of nitrogens with zero attached hydrogens (tertiary/aromatic N) is 4. The Morgan fingerprint density at radius 1 is 1.33 bits per heavy atom. The molecule has 24 heavy (non-hydrogen) atoms. The first-order valence-electron chi connectivity index (χ1n) is 7.93. The Morgan fingerprint density at radius 2 is 2.08 bits per heavy atom. The number of alkyl halides is 2. The average molecular weight is 335 g/mol. The zero-order chi connectivity index (χ0) is 17.1. The summed E-state index contributed by atoms with van der Waals surface area (Å²) in [4.78, 5) is 24.8. The zero-order valence-corrected chi connectivity index (χ0v) is 13.3. The molecule has 0 spiro atoms. The molecule has 0 aliphatic heterocycles. The summed E-state index contributed by atoms with van der Waals surface area (Å²) < 4.78 is 27.1. The van der Waals surface area contributed by atoms with Gasteiger partial charge in [-0.1, -0.05) is 0 Å². The van der Waals surface area contributed by atoms with Crippen molar-refractivity contribution in [1.29, 1.82) is 0 Å². The van der Waals surface area contributed by atoms with E-state index in [1.807, 2.05) is 7.05 Å². The topological polar surface area (TPSA) is 72.7 Å². The van der Waals surface area contributed by atoms with Gasteiger partial charge in [-0.3, -0.25) is 4.79 Å². The van der Waals surface area contributed by atoms with Gasteiger partial charge in [-0.2, -0.15) is 0 Å². The van der Waals surface area contributed by atoms with Crippen LogP contribution >= 0.6 is 0 Å². The van der Waals surface area contributed by atoms with E-state index in [0.717, 1.165) is 0 Å². The summed E-state index contributed by atoms with van der Waals surface area (Å²) in [6.07, 6.45) is 4.53. The van der Waals surface area contributed by atoms with E-state index in [1.54, 1.807) is 23.2 Å². The van der Waals surface area contributed by atoms with Gasteiger partial charge in [0.15, 0.2) is 5.82 Å². The van der Waals surface area contributed by atoms with E-state index in [0.29, 0.717) is 37.2 Å². The third-order valence-electron chi connectivity index (χ3n) is 4.40. The predicted molar refractivity (Wildman–Crippen MR) is 83.5 cm³/mol. The van der Waals surface area contributed by atoms with E-state index < -0.39 is 12.3 Å². The predicted octanol–water partition coefficient (Wildman–Crippen LogP) is 2.43. The number of nitrogens with one attached hydrogen (secondary N) is 1. The molecule has 2 aromatic rings. The summed E-state index contributed by atoms with van der Waals surface area (Å²) in [6.45, 7) is 0. The van der Waals surface area contributed by atoms with Crippen molar-refractivity contribution in [2.75, 3.05) is 0 Å². The highest BCUT2D eigenvalue weighted by Crippen LogP contribution is 2.29. The van der Waals surface area contributed by atoms with Crippen molar-refractivity contribution >= 4 is 5.91 Å². The van der Waals surface area contributed by atoms with Crippen LogP contribution in [-0.2, 0) is 7.05 Å². The first-order chi connectivity index (χ1) is 11.5. The number of rotatable bonds is 4. The highest BCUT2D eigenvalue weighted by molar-refractivity contribution is 5.92. The lowest BCUT2D eigenvalue weighted by Crippen LogP contribution is -2.38. The van der Waals surface area contributed by atoms with Gasteiger partial charge in [0.25, 0.3) is 5.91 Å². The molecule has 0 unspecified atom stereocenters. The van der Waals surface area contributed by atoms with Crippen molar-refractivity contribution in [1.82, 2.24) is 24.8 Å². The van der Waals surface area contributed by atoms with Gasteiger partial charge in [0, 0.05) is 25.2 Å². The Morgan fingerprint density at radius 3 is 2.71 bits per heavy atom. The highest BCUT2D eigenvalue weighted by Gasteiger charge is 2.28. The first kappa shape index (κ1) is 16.5. The molecule has 8 heteroatoms. The average Bonchev–Trinajstić information content (AvgIpc) is 3.01. The van der Waals surface area contributed by atoms with Crippen LogP contribution in [0.3, 0.4) is 0 Å². The largest absolute Gasteiger partial charge is 0.348 e. The van der Waals surface area contributed by atoms with Crippen LogP contribution in [0, 0.1) is 5.92 Å². The van der Waals surface area contributed by atoms with Crippen LogP contribution in [0.2, 0.25) is 0 Å². The molecule has 0 saturated heterocycles. The Hall–Kier alpha value is -2.38. The molecule has 0 bridgehead atoms. The number of aromatic nitrogens is 4. The molecule has 128 valence electrons. The molecule has 1 fully saturated rings. The minimum Gasteiger partial charge on any atom is -0.348 e. The zero-order valence-electron chi connectivity index (χ0n) is 13.3. The fourth-order valence-corrected chi connectivity index (χ4v) is 2.96. The molecule has 2 aromatic heterocycles. The van der Waals surface area contributed by atoms with Crippen molar-refractivity contribution in [3.63, 3.8) is 0 Å². The van der Waals surface area contributed by atoms with E-state index in [4.69, 9.17) is 0 Å². The molecule has 6 nitrogen and oxygen atoms in total. The number of carbonyl (C=O) groups is 1. The van der Waals surface area contributed by atoms with Crippen molar-refractivity contribution < 1.29 is 13.6 Å². The standard InChI is InChI=1S/C16H19F2N5O/c1-23-9-19-8-13(23)15-20-7-6-12(22-15)16(24)21-11-4-2-10(3-5-11)14(17)18/h6-11,14H,2-5H2,1H3,(H,21,24)/t10-,11-. The Labute approximate surface area is 138 Å². The summed E-state index contributed by atoms with van der Waals surface area (Å²) in [6, 6.07) is 1.46. The number of halogens is 2. The van der Waals surface area contributed by atoms with Crippen LogP contribution in [0.25, 0.3) is 11.5 Å². The number of hydrogen-bond acceptors (Lipinski definition) is 4. The van der Waals surface area contributed by atoms with Gasteiger partial charge in [0.1, 0.15) is 11.4 Å². The summed E-state index contributed by atoms with van der Waals surface area (Å²) in [5, 5.41) is 2.89. The molecule has 2 heterocycles. The second-order valence-corrected chi connectivity index (χ2v) is 6.07. The van der Waals surface area contributed by atoms with Crippen LogP contribution in [0.1, 0.15) is 36.2 Å². The van der Waals surface area contributed by atoms with Crippen LogP contribution in [0.4, 0.5) is 8.78 Å². The highest BCUT2D eigenvalue weighted by atomic mass is 19.3. The number of hydrogen-bond donors (Lipinski definition) is 1. The van der Waals surface area contributed by atoms with Crippen LogP contribution in [-0.4, -0.2) is 37.9 Å². The van der Waals surface area contributed by atoms with Gasteiger partial charge in [0.05, 0.1) is 12.5 Å². The molecule has 1 aliphatic carbocycles. The van der Waals surface area contributed by atoms with Crippen molar-refractivity contribution in [3.8, 4) is 11.5 Å². The molecule has 1 aliphatic rings. The molecule has 3 rings (SSSR count). The summed E-state index contributed by atoms with van der Waals surface area (Å²) in [5.41, 5.74) is 0.972. The lowest BCUT2D eigenvalue weighted by Gasteiger charge is -2.28. The quantitative estimate of drug-likeness (QED) is 0.931. The molecule has 0 radical (unpaired) electrons. The van der Waals surface area contributed by atoms with E-state index in [-0.39, 0.29) is 17.6 Å². The smallest absolute Gasteiger partial charge is 0.270 e. The van der Waals surface area contributed by atoms with Crippen LogP contribution in [0.5, 0.6) is 0 Å². The minimum absolute atomic E-state index is 0.0809. The number of carbonyl (C=O) groups excluding carboxylic acids is 1. The van der Waals surface area contributed by atoms with E-state index in [2.05, 4.69) is 20.3 Å².